The Balaban J connectivity index is 2.45. The van der Waals surface area contributed by atoms with Gasteiger partial charge in [0.25, 0.3) is 0 Å². The average molecular weight is 205 g/mol. The smallest absolute Gasteiger partial charge is 0.164 e. The molecule has 15 heavy (non-hydrogen) atoms. The third-order valence-corrected chi connectivity index (χ3v) is 2.74. The van der Waals surface area contributed by atoms with Crippen LogP contribution in [0.3, 0.4) is 0 Å². The molecule has 2 N–H and O–H groups in total. The van der Waals surface area contributed by atoms with E-state index in [0.717, 1.165) is 28.9 Å². The van der Waals surface area contributed by atoms with Gasteiger partial charge in [0.05, 0.1) is 6.61 Å². The van der Waals surface area contributed by atoms with Crippen molar-refractivity contribution >= 4 is 5.78 Å². The predicted octanol–water partition coefficient (Wildman–Crippen LogP) is 1.46. The van der Waals surface area contributed by atoms with Crippen LogP contribution in [0.4, 0.5) is 0 Å². The minimum Gasteiger partial charge on any atom is -0.493 e. The molecule has 1 aliphatic rings. The quantitative estimate of drug-likeness (QED) is 0.760. The Morgan fingerprint density at radius 2 is 2.33 bits per heavy atom. The van der Waals surface area contributed by atoms with Gasteiger partial charge in [-0.15, -0.1) is 0 Å². The zero-order valence-electron chi connectivity index (χ0n) is 8.88. The summed E-state index contributed by atoms with van der Waals surface area (Å²) in [6.07, 6.45) is 1.25. The van der Waals surface area contributed by atoms with E-state index < -0.39 is 0 Å². The summed E-state index contributed by atoms with van der Waals surface area (Å²) in [5.74, 6) is 0.998. The third kappa shape index (κ3) is 1.75. The summed E-state index contributed by atoms with van der Waals surface area (Å²) in [7, 11) is 0. The summed E-state index contributed by atoms with van der Waals surface area (Å²) >= 11 is 0. The number of ketones is 1. The molecule has 0 fully saturated rings. The summed E-state index contributed by atoms with van der Waals surface area (Å²) in [4.78, 5) is 11.9. The number of benzene rings is 1. The topological polar surface area (TPSA) is 52.3 Å². The van der Waals surface area contributed by atoms with E-state index in [1.165, 1.54) is 0 Å². The first kappa shape index (κ1) is 10.2. The fourth-order valence-corrected chi connectivity index (χ4v) is 2.04. The highest BCUT2D eigenvalue weighted by molar-refractivity contribution is 5.99. The van der Waals surface area contributed by atoms with Crippen molar-refractivity contribution < 1.29 is 9.53 Å². The van der Waals surface area contributed by atoms with Crippen LogP contribution in [0, 0.1) is 6.92 Å². The number of nitrogens with two attached hydrogens (primary N) is 1. The van der Waals surface area contributed by atoms with Gasteiger partial charge in [-0.3, -0.25) is 4.79 Å². The number of ether oxygens (including phenoxy) is 1. The van der Waals surface area contributed by atoms with Crippen molar-refractivity contribution in [3.63, 3.8) is 0 Å². The first-order chi connectivity index (χ1) is 7.24. The molecule has 1 aromatic carbocycles. The van der Waals surface area contributed by atoms with Gasteiger partial charge in [-0.2, -0.15) is 0 Å². The zero-order chi connectivity index (χ0) is 10.8. The van der Waals surface area contributed by atoms with Crippen molar-refractivity contribution in [1.29, 1.82) is 0 Å². The second-order valence-electron chi connectivity index (χ2n) is 3.79. The van der Waals surface area contributed by atoms with Crippen LogP contribution in [0.1, 0.15) is 27.9 Å². The summed E-state index contributed by atoms with van der Waals surface area (Å²) in [5.41, 5.74) is 8.33. The molecule has 0 atom stereocenters. The Bertz CT molecular complexity index is 399. The molecule has 2 rings (SSSR count). The number of rotatable bonds is 3. The SMILES string of the molecule is Cc1ccc2c(c1C(=O)CCN)CCO2. The molecule has 0 saturated heterocycles. The zero-order valence-corrected chi connectivity index (χ0v) is 8.88. The minimum absolute atomic E-state index is 0.136. The van der Waals surface area contributed by atoms with Gasteiger partial charge in [0, 0.05) is 24.0 Å². The van der Waals surface area contributed by atoms with Crippen LogP contribution in [0.2, 0.25) is 0 Å². The molecule has 0 saturated carbocycles. The Morgan fingerprint density at radius 1 is 1.53 bits per heavy atom. The molecule has 3 heteroatoms. The molecule has 1 aliphatic heterocycles. The summed E-state index contributed by atoms with van der Waals surface area (Å²) in [6.45, 7) is 3.05. The van der Waals surface area contributed by atoms with E-state index in [4.69, 9.17) is 10.5 Å². The number of hydrogen-bond acceptors (Lipinski definition) is 3. The van der Waals surface area contributed by atoms with Gasteiger partial charge < -0.3 is 10.5 Å². The molecular formula is C12H15NO2. The molecule has 0 unspecified atom stereocenters. The van der Waals surface area contributed by atoms with Gasteiger partial charge in [0.15, 0.2) is 5.78 Å². The first-order valence-corrected chi connectivity index (χ1v) is 5.22. The molecule has 1 aromatic rings. The number of carbonyl (C=O) groups is 1. The van der Waals surface area contributed by atoms with E-state index in [1.54, 1.807) is 0 Å². The van der Waals surface area contributed by atoms with Gasteiger partial charge in [0.1, 0.15) is 5.75 Å². The van der Waals surface area contributed by atoms with E-state index >= 15 is 0 Å². The predicted molar refractivity (Wildman–Crippen MR) is 58.4 cm³/mol. The third-order valence-electron chi connectivity index (χ3n) is 2.74. The van der Waals surface area contributed by atoms with Crippen LogP contribution in [-0.2, 0) is 6.42 Å². The average Bonchev–Trinajstić information content (AvgIpc) is 2.65. The minimum atomic E-state index is 0.136. The molecule has 0 amide bonds. The van der Waals surface area contributed by atoms with Crippen molar-refractivity contribution in [2.24, 2.45) is 5.73 Å². The van der Waals surface area contributed by atoms with Gasteiger partial charge in [-0.25, -0.2) is 0 Å². The van der Waals surface area contributed by atoms with Crippen molar-refractivity contribution in [3.05, 3.63) is 28.8 Å². The summed E-state index contributed by atoms with van der Waals surface area (Å²) in [5, 5.41) is 0. The van der Waals surface area contributed by atoms with Crippen LogP contribution in [0.15, 0.2) is 12.1 Å². The molecule has 0 aliphatic carbocycles. The Labute approximate surface area is 89.2 Å². The van der Waals surface area contributed by atoms with Crippen LogP contribution in [0.5, 0.6) is 5.75 Å². The largest absolute Gasteiger partial charge is 0.493 e. The van der Waals surface area contributed by atoms with Crippen LogP contribution < -0.4 is 10.5 Å². The maximum absolute atomic E-state index is 11.9. The normalized spacial score (nSPS) is 13.5. The Kier molecular flexibility index (Phi) is 2.73. The van der Waals surface area contributed by atoms with Crippen LogP contribution in [0.25, 0.3) is 0 Å². The second-order valence-corrected chi connectivity index (χ2v) is 3.79. The van der Waals surface area contributed by atoms with Gasteiger partial charge in [-0.05, 0) is 25.1 Å². The highest BCUT2D eigenvalue weighted by atomic mass is 16.5. The second kappa shape index (κ2) is 4.03. The molecule has 0 radical (unpaired) electrons. The molecular weight excluding hydrogens is 190 g/mol. The van der Waals surface area contributed by atoms with Gasteiger partial charge >= 0.3 is 0 Å². The van der Waals surface area contributed by atoms with E-state index in [-0.39, 0.29) is 5.78 Å². The van der Waals surface area contributed by atoms with Gasteiger partial charge in [-0.1, -0.05) is 6.07 Å². The Morgan fingerprint density at radius 3 is 3.07 bits per heavy atom. The van der Waals surface area contributed by atoms with Crippen LogP contribution >= 0.6 is 0 Å². The lowest BCUT2D eigenvalue weighted by molar-refractivity contribution is 0.0984. The molecule has 0 spiro atoms. The number of hydrogen-bond donors (Lipinski definition) is 1. The van der Waals surface area contributed by atoms with E-state index in [9.17, 15) is 4.79 Å². The number of aryl methyl sites for hydroxylation is 1. The first-order valence-electron chi connectivity index (χ1n) is 5.22. The molecule has 80 valence electrons. The molecule has 3 nitrogen and oxygen atoms in total. The summed E-state index contributed by atoms with van der Waals surface area (Å²) in [6, 6.07) is 3.88. The number of fused-ring (bicyclic) bond motifs is 1. The highest BCUT2D eigenvalue weighted by Crippen LogP contribution is 2.31. The van der Waals surface area contributed by atoms with Crippen molar-refractivity contribution in [2.75, 3.05) is 13.2 Å². The maximum Gasteiger partial charge on any atom is 0.164 e. The number of Topliss-reactive ketones (excluding diaryl/α,β-unsaturated/α-hetero) is 1. The molecule has 0 bridgehead atoms. The molecule has 1 heterocycles. The van der Waals surface area contributed by atoms with Crippen molar-refractivity contribution in [1.82, 2.24) is 0 Å². The Hall–Kier alpha value is -1.35. The van der Waals surface area contributed by atoms with Gasteiger partial charge in [0.2, 0.25) is 0 Å². The fraction of sp³-hybridized carbons (Fsp3) is 0.417. The number of carbonyl (C=O) groups excluding carboxylic acids is 1. The fourth-order valence-electron chi connectivity index (χ4n) is 2.04. The summed E-state index contributed by atoms with van der Waals surface area (Å²) < 4.78 is 5.44. The lowest BCUT2D eigenvalue weighted by atomic mass is 9.95. The highest BCUT2D eigenvalue weighted by Gasteiger charge is 2.21. The molecule has 0 aromatic heterocycles. The standard InChI is InChI=1S/C12H15NO2/c1-8-2-3-11-9(5-7-15-11)12(8)10(14)4-6-13/h2-3H,4-7,13H2,1H3. The van der Waals surface area contributed by atoms with E-state index in [0.29, 0.717) is 19.6 Å². The lowest BCUT2D eigenvalue weighted by Crippen LogP contribution is -2.11. The van der Waals surface area contributed by atoms with Crippen molar-refractivity contribution in [2.45, 2.75) is 19.8 Å². The van der Waals surface area contributed by atoms with E-state index in [2.05, 4.69) is 0 Å². The van der Waals surface area contributed by atoms with E-state index in [1.807, 2.05) is 19.1 Å². The monoisotopic (exact) mass is 205 g/mol. The van der Waals surface area contributed by atoms with Crippen LogP contribution in [-0.4, -0.2) is 18.9 Å². The maximum atomic E-state index is 11.9. The lowest BCUT2D eigenvalue weighted by Gasteiger charge is -2.09. The van der Waals surface area contributed by atoms with Crippen molar-refractivity contribution in [3.8, 4) is 5.75 Å².